The van der Waals surface area contributed by atoms with Crippen LogP contribution in [0.1, 0.15) is 46.1 Å². The molecular weight excluding hydrogens is 248 g/mol. The Bertz CT molecular complexity index is 457. The fourth-order valence-electron chi connectivity index (χ4n) is 2.30. The summed E-state index contributed by atoms with van der Waals surface area (Å²) in [6, 6.07) is 8.34. The minimum Gasteiger partial charge on any atom is -0.490 e. The van der Waals surface area contributed by atoms with Crippen LogP contribution in [0.3, 0.4) is 0 Å². The van der Waals surface area contributed by atoms with Crippen molar-refractivity contribution in [3.8, 4) is 5.75 Å². The molecule has 0 radical (unpaired) electrons. The van der Waals surface area contributed by atoms with E-state index in [1.54, 1.807) is 0 Å². The standard InChI is InChI=1S/C18H26O2/c1-5-15-7-9-16(10-8-15)19-13-12-14(2)6-11-17-18(3,4)20-17/h7-10,12,17H,5-6,11,13H2,1-4H3/b14-12-. The van der Waals surface area contributed by atoms with E-state index in [1.807, 2.05) is 12.1 Å². The van der Waals surface area contributed by atoms with Gasteiger partial charge < -0.3 is 9.47 Å². The van der Waals surface area contributed by atoms with E-state index in [9.17, 15) is 0 Å². The lowest BCUT2D eigenvalue weighted by Gasteiger charge is -2.05. The summed E-state index contributed by atoms with van der Waals surface area (Å²) >= 11 is 0. The SMILES string of the molecule is CCc1ccc(OC/C=C(/C)CCC2OC2(C)C)cc1. The van der Waals surface area contributed by atoms with Gasteiger partial charge in [-0.25, -0.2) is 0 Å². The minimum atomic E-state index is 0.109. The second-order valence-electron chi connectivity index (χ2n) is 6.11. The van der Waals surface area contributed by atoms with Crippen LogP contribution in [0.4, 0.5) is 0 Å². The first kappa shape index (κ1) is 15.1. The Morgan fingerprint density at radius 3 is 2.50 bits per heavy atom. The maximum atomic E-state index is 5.73. The third kappa shape index (κ3) is 4.38. The number of aryl methyl sites for hydroxylation is 1. The maximum Gasteiger partial charge on any atom is 0.119 e. The molecule has 2 heteroatoms. The fourth-order valence-corrected chi connectivity index (χ4v) is 2.30. The Morgan fingerprint density at radius 1 is 1.30 bits per heavy atom. The molecule has 1 unspecified atom stereocenters. The molecule has 0 aromatic heterocycles. The monoisotopic (exact) mass is 274 g/mol. The van der Waals surface area contributed by atoms with E-state index in [-0.39, 0.29) is 5.60 Å². The average molecular weight is 274 g/mol. The number of rotatable bonds is 7. The highest BCUT2D eigenvalue weighted by molar-refractivity contribution is 5.27. The van der Waals surface area contributed by atoms with Crippen LogP contribution in [0.5, 0.6) is 5.75 Å². The number of hydrogen-bond donors (Lipinski definition) is 0. The molecule has 2 nitrogen and oxygen atoms in total. The molecule has 20 heavy (non-hydrogen) atoms. The minimum absolute atomic E-state index is 0.109. The van der Waals surface area contributed by atoms with Gasteiger partial charge in [-0.15, -0.1) is 0 Å². The van der Waals surface area contributed by atoms with Gasteiger partial charge >= 0.3 is 0 Å². The smallest absolute Gasteiger partial charge is 0.119 e. The summed E-state index contributed by atoms with van der Waals surface area (Å²) in [5.41, 5.74) is 2.83. The van der Waals surface area contributed by atoms with E-state index in [2.05, 4.69) is 45.9 Å². The molecule has 1 heterocycles. The first-order chi connectivity index (χ1) is 9.51. The van der Waals surface area contributed by atoms with Crippen molar-refractivity contribution in [2.24, 2.45) is 0 Å². The predicted octanol–water partition coefficient (Wildman–Crippen LogP) is 4.53. The highest BCUT2D eigenvalue weighted by Gasteiger charge is 2.46. The van der Waals surface area contributed by atoms with Crippen molar-refractivity contribution in [1.29, 1.82) is 0 Å². The van der Waals surface area contributed by atoms with E-state index < -0.39 is 0 Å². The zero-order valence-electron chi connectivity index (χ0n) is 13.1. The van der Waals surface area contributed by atoms with Gasteiger partial charge in [0.2, 0.25) is 0 Å². The molecule has 1 aliphatic rings. The molecule has 0 saturated carbocycles. The molecule has 1 fully saturated rings. The van der Waals surface area contributed by atoms with Gasteiger partial charge in [0.25, 0.3) is 0 Å². The Morgan fingerprint density at radius 2 is 1.95 bits per heavy atom. The van der Waals surface area contributed by atoms with Crippen LogP contribution < -0.4 is 4.74 Å². The molecule has 0 bridgehead atoms. The van der Waals surface area contributed by atoms with Gasteiger partial charge in [0.05, 0.1) is 11.7 Å². The Kier molecular flexibility index (Phi) is 4.87. The largest absolute Gasteiger partial charge is 0.490 e. The normalized spacial score (nSPS) is 20.8. The molecule has 1 aliphatic heterocycles. The Balaban J connectivity index is 1.69. The number of allylic oxidation sites excluding steroid dienone is 1. The van der Waals surface area contributed by atoms with E-state index in [1.165, 1.54) is 11.1 Å². The van der Waals surface area contributed by atoms with Crippen LogP contribution in [0.2, 0.25) is 0 Å². The topological polar surface area (TPSA) is 21.8 Å². The van der Waals surface area contributed by atoms with Crippen LogP contribution in [0.15, 0.2) is 35.9 Å². The third-order valence-electron chi connectivity index (χ3n) is 3.98. The lowest BCUT2D eigenvalue weighted by atomic mass is 10.0. The fraction of sp³-hybridized carbons (Fsp3) is 0.556. The first-order valence-electron chi connectivity index (χ1n) is 7.56. The van der Waals surface area contributed by atoms with E-state index in [0.717, 1.165) is 25.0 Å². The maximum absolute atomic E-state index is 5.73. The van der Waals surface area contributed by atoms with Crippen molar-refractivity contribution in [2.75, 3.05) is 6.61 Å². The number of ether oxygens (including phenoxy) is 2. The van der Waals surface area contributed by atoms with Crippen molar-refractivity contribution in [3.05, 3.63) is 41.5 Å². The number of epoxide rings is 1. The predicted molar refractivity (Wildman–Crippen MR) is 83.3 cm³/mol. The Hall–Kier alpha value is -1.28. The van der Waals surface area contributed by atoms with Crippen LogP contribution in [-0.2, 0) is 11.2 Å². The molecule has 1 aromatic rings. The summed E-state index contributed by atoms with van der Waals surface area (Å²) in [6.45, 7) is 9.28. The molecule has 1 saturated heterocycles. The first-order valence-corrected chi connectivity index (χ1v) is 7.56. The lowest BCUT2D eigenvalue weighted by Crippen LogP contribution is -2.03. The van der Waals surface area contributed by atoms with Crippen molar-refractivity contribution in [3.63, 3.8) is 0 Å². The van der Waals surface area contributed by atoms with Gasteiger partial charge in [-0.2, -0.15) is 0 Å². The van der Waals surface area contributed by atoms with Crippen molar-refractivity contribution >= 4 is 0 Å². The number of benzene rings is 1. The zero-order valence-corrected chi connectivity index (χ0v) is 13.1. The highest BCUT2D eigenvalue weighted by atomic mass is 16.6. The van der Waals surface area contributed by atoms with E-state index >= 15 is 0 Å². The van der Waals surface area contributed by atoms with E-state index in [0.29, 0.717) is 12.7 Å². The quantitative estimate of drug-likeness (QED) is 0.538. The molecule has 0 spiro atoms. The van der Waals surface area contributed by atoms with Crippen molar-refractivity contribution in [2.45, 2.75) is 58.7 Å². The van der Waals surface area contributed by atoms with Crippen molar-refractivity contribution < 1.29 is 9.47 Å². The summed E-state index contributed by atoms with van der Waals surface area (Å²) in [5, 5.41) is 0. The third-order valence-corrected chi connectivity index (χ3v) is 3.98. The molecule has 110 valence electrons. The van der Waals surface area contributed by atoms with Crippen LogP contribution in [-0.4, -0.2) is 18.3 Å². The van der Waals surface area contributed by atoms with Crippen LogP contribution in [0, 0.1) is 0 Å². The Labute approximate surface area is 122 Å². The van der Waals surface area contributed by atoms with Crippen LogP contribution in [0.25, 0.3) is 0 Å². The van der Waals surface area contributed by atoms with Gasteiger partial charge in [0.15, 0.2) is 0 Å². The van der Waals surface area contributed by atoms with E-state index in [4.69, 9.17) is 9.47 Å². The zero-order chi connectivity index (χ0) is 14.6. The molecule has 0 amide bonds. The molecule has 1 atom stereocenters. The van der Waals surface area contributed by atoms with Gasteiger partial charge in [-0.1, -0.05) is 24.6 Å². The summed E-state index contributed by atoms with van der Waals surface area (Å²) in [6.07, 6.45) is 5.88. The average Bonchev–Trinajstić information content (AvgIpc) is 3.05. The summed E-state index contributed by atoms with van der Waals surface area (Å²) in [4.78, 5) is 0. The summed E-state index contributed by atoms with van der Waals surface area (Å²) < 4.78 is 11.3. The second kappa shape index (κ2) is 6.45. The highest BCUT2D eigenvalue weighted by Crippen LogP contribution is 2.38. The molecule has 2 rings (SSSR count). The van der Waals surface area contributed by atoms with Gasteiger partial charge in [0, 0.05) is 0 Å². The molecule has 0 N–H and O–H groups in total. The number of hydrogen-bond acceptors (Lipinski definition) is 2. The van der Waals surface area contributed by atoms with Gasteiger partial charge in [-0.3, -0.25) is 0 Å². The lowest BCUT2D eigenvalue weighted by molar-refractivity contribution is 0.320. The second-order valence-corrected chi connectivity index (χ2v) is 6.11. The van der Waals surface area contributed by atoms with Crippen molar-refractivity contribution in [1.82, 2.24) is 0 Å². The van der Waals surface area contributed by atoms with Gasteiger partial charge in [0.1, 0.15) is 12.4 Å². The molecule has 1 aromatic carbocycles. The molecule has 0 aliphatic carbocycles. The molecular formula is C18H26O2. The summed E-state index contributed by atoms with van der Waals surface area (Å²) in [5.74, 6) is 0.943. The van der Waals surface area contributed by atoms with Crippen LogP contribution >= 0.6 is 0 Å². The van der Waals surface area contributed by atoms with Gasteiger partial charge in [-0.05, 0) is 63.8 Å². The summed E-state index contributed by atoms with van der Waals surface area (Å²) in [7, 11) is 0.